The van der Waals surface area contributed by atoms with Crippen molar-refractivity contribution in [3.8, 4) is 0 Å². The van der Waals surface area contributed by atoms with Crippen molar-refractivity contribution in [2.24, 2.45) is 0 Å². The van der Waals surface area contributed by atoms with E-state index in [-0.39, 0.29) is 0 Å². The number of thiophene rings is 1. The summed E-state index contributed by atoms with van der Waals surface area (Å²) in [6, 6.07) is 4.17. The van der Waals surface area contributed by atoms with Crippen molar-refractivity contribution in [1.29, 1.82) is 0 Å². The number of rotatable bonds is 1. The lowest BCUT2D eigenvalue weighted by Gasteiger charge is -1.79. The zero-order valence-electron chi connectivity index (χ0n) is 4.33. The molecule has 0 N–H and O–H groups in total. The standard InChI is InChI=1S/C6H6OS/c1-2-6(8-3-1)5-4-7-5/h1-3,5H,4H2/t5-/m1/s1. The van der Waals surface area contributed by atoms with Gasteiger partial charge in [-0.25, -0.2) is 0 Å². The van der Waals surface area contributed by atoms with Crippen LogP contribution >= 0.6 is 11.3 Å². The van der Waals surface area contributed by atoms with E-state index in [1.807, 2.05) is 0 Å². The van der Waals surface area contributed by atoms with Crippen LogP contribution in [0.2, 0.25) is 0 Å². The maximum absolute atomic E-state index is 5.06. The van der Waals surface area contributed by atoms with Gasteiger partial charge in [0, 0.05) is 4.88 Å². The second-order valence-corrected chi connectivity index (χ2v) is 2.82. The minimum absolute atomic E-state index is 0.454. The highest BCUT2D eigenvalue weighted by Crippen LogP contribution is 2.32. The molecular weight excluding hydrogens is 120 g/mol. The molecule has 1 atom stereocenters. The molecule has 42 valence electrons. The first-order chi connectivity index (χ1) is 3.97. The third kappa shape index (κ3) is 0.659. The predicted octanol–water partition coefficient (Wildman–Crippen LogP) is 1.82. The predicted molar refractivity (Wildman–Crippen MR) is 33.0 cm³/mol. The van der Waals surface area contributed by atoms with E-state index in [9.17, 15) is 0 Å². The number of ether oxygens (including phenoxy) is 1. The van der Waals surface area contributed by atoms with Crippen LogP contribution in [0.15, 0.2) is 17.5 Å². The Labute approximate surface area is 51.9 Å². The van der Waals surface area contributed by atoms with E-state index in [1.54, 1.807) is 11.3 Å². The second kappa shape index (κ2) is 1.57. The molecule has 8 heavy (non-hydrogen) atoms. The molecule has 1 aromatic rings. The summed E-state index contributed by atoms with van der Waals surface area (Å²) in [5, 5.41) is 2.08. The molecule has 0 saturated carbocycles. The lowest BCUT2D eigenvalue weighted by Crippen LogP contribution is -1.65. The summed E-state index contributed by atoms with van der Waals surface area (Å²) in [5.74, 6) is 0. The fraction of sp³-hybridized carbons (Fsp3) is 0.333. The van der Waals surface area contributed by atoms with Crippen molar-refractivity contribution in [2.45, 2.75) is 6.10 Å². The fourth-order valence-electron chi connectivity index (χ4n) is 0.687. The van der Waals surface area contributed by atoms with Crippen molar-refractivity contribution in [1.82, 2.24) is 0 Å². The van der Waals surface area contributed by atoms with Crippen molar-refractivity contribution < 1.29 is 4.74 Å². The van der Waals surface area contributed by atoms with Gasteiger partial charge in [0.05, 0.1) is 6.61 Å². The molecular formula is C6H6OS. The summed E-state index contributed by atoms with van der Waals surface area (Å²) in [6.07, 6.45) is 0.454. The van der Waals surface area contributed by atoms with E-state index < -0.39 is 0 Å². The Morgan fingerprint density at radius 1 is 1.75 bits per heavy atom. The Hall–Kier alpha value is -0.340. The maximum atomic E-state index is 5.06. The number of hydrogen-bond donors (Lipinski definition) is 0. The summed E-state index contributed by atoms with van der Waals surface area (Å²) < 4.78 is 5.06. The monoisotopic (exact) mass is 126 g/mol. The first-order valence-corrected chi connectivity index (χ1v) is 3.50. The molecule has 1 fully saturated rings. The maximum Gasteiger partial charge on any atom is 0.115 e. The van der Waals surface area contributed by atoms with Crippen LogP contribution in [0.4, 0.5) is 0 Å². The number of hydrogen-bond acceptors (Lipinski definition) is 2. The van der Waals surface area contributed by atoms with Gasteiger partial charge >= 0.3 is 0 Å². The molecule has 0 radical (unpaired) electrons. The molecule has 1 aliphatic heterocycles. The van der Waals surface area contributed by atoms with Gasteiger partial charge in [-0.1, -0.05) is 6.07 Å². The van der Waals surface area contributed by atoms with Gasteiger partial charge in [-0.05, 0) is 11.4 Å². The van der Waals surface area contributed by atoms with E-state index in [0.717, 1.165) is 6.61 Å². The third-order valence-corrected chi connectivity index (χ3v) is 2.16. The van der Waals surface area contributed by atoms with Crippen LogP contribution in [-0.2, 0) is 4.74 Å². The van der Waals surface area contributed by atoms with Crippen LogP contribution in [0.5, 0.6) is 0 Å². The van der Waals surface area contributed by atoms with E-state index >= 15 is 0 Å². The molecule has 0 aromatic carbocycles. The summed E-state index contributed by atoms with van der Waals surface area (Å²) in [5.41, 5.74) is 0. The largest absolute Gasteiger partial charge is 0.367 e. The zero-order chi connectivity index (χ0) is 5.40. The van der Waals surface area contributed by atoms with E-state index in [0.29, 0.717) is 6.10 Å². The lowest BCUT2D eigenvalue weighted by atomic mass is 10.4. The van der Waals surface area contributed by atoms with Gasteiger partial charge in [0.15, 0.2) is 0 Å². The smallest absolute Gasteiger partial charge is 0.115 e. The Balaban J connectivity index is 2.28. The first kappa shape index (κ1) is 4.53. The number of epoxide rings is 1. The third-order valence-electron chi connectivity index (χ3n) is 1.19. The summed E-state index contributed by atoms with van der Waals surface area (Å²) in [6.45, 7) is 0.931. The molecule has 0 amide bonds. The van der Waals surface area contributed by atoms with Gasteiger partial charge in [0.1, 0.15) is 6.10 Å². The van der Waals surface area contributed by atoms with E-state index in [2.05, 4.69) is 17.5 Å². The Morgan fingerprint density at radius 2 is 2.62 bits per heavy atom. The van der Waals surface area contributed by atoms with Crippen molar-refractivity contribution in [2.75, 3.05) is 6.61 Å². The van der Waals surface area contributed by atoms with Crippen molar-refractivity contribution >= 4 is 11.3 Å². The highest BCUT2D eigenvalue weighted by atomic mass is 32.1. The Kier molecular flexibility index (Phi) is 0.889. The summed E-state index contributed by atoms with van der Waals surface area (Å²) >= 11 is 1.77. The van der Waals surface area contributed by atoms with Crippen molar-refractivity contribution in [3.63, 3.8) is 0 Å². The average molecular weight is 126 g/mol. The normalized spacial score (nSPS) is 25.8. The minimum atomic E-state index is 0.454. The molecule has 2 heteroatoms. The van der Waals surface area contributed by atoms with Crippen LogP contribution in [0.1, 0.15) is 11.0 Å². The molecule has 0 bridgehead atoms. The molecule has 1 nitrogen and oxygen atoms in total. The van der Waals surface area contributed by atoms with Crippen LogP contribution < -0.4 is 0 Å². The fourth-order valence-corrected chi connectivity index (χ4v) is 1.45. The highest BCUT2D eigenvalue weighted by molar-refractivity contribution is 7.10. The molecule has 1 aliphatic rings. The Morgan fingerprint density at radius 3 is 3.12 bits per heavy atom. The molecule has 0 unspecified atom stereocenters. The molecule has 2 heterocycles. The van der Waals surface area contributed by atoms with Gasteiger partial charge in [-0.2, -0.15) is 0 Å². The minimum Gasteiger partial charge on any atom is -0.367 e. The zero-order valence-corrected chi connectivity index (χ0v) is 5.15. The van der Waals surface area contributed by atoms with E-state index in [1.165, 1.54) is 4.88 Å². The van der Waals surface area contributed by atoms with Crippen LogP contribution in [0.25, 0.3) is 0 Å². The second-order valence-electron chi connectivity index (χ2n) is 1.84. The molecule has 0 aliphatic carbocycles. The molecule has 2 rings (SSSR count). The molecule has 0 spiro atoms. The molecule has 1 aromatic heterocycles. The average Bonchev–Trinajstić information content (AvgIpc) is 2.49. The van der Waals surface area contributed by atoms with Gasteiger partial charge in [0.2, 0.25) is 0 Å². The quantitative estimate of drug-likeness (QED) is 0.523. The molecule has 1 saturated heterocycles. The Bertz CT molecular complexity index is 165. The van der Waals surface area contributed by atoms with E-state index in [4.69, 9.17) is 4.74 Å². The van der Waals surface area contributed by atoms with Gasteiger partial charge < -0.3 is 4.74 Å². The van der Waals surface area contributed by atoms with Crippen LogP contribution in [0.3, 0.4) is 0 Å². The highest BCUT2D eigenvalue weighted by Gasteiger charge is 2.24. The first-order valence-electron chi connectivity index (χ1n) is 2.62. The lowest BCUT2D eigenvalue weighted by molar-refractivity contribution is 0.418. The summed E-state index contributed by atoms with van der Waals surface area (Å²) in [7, 11) is 0. The van der Waals surface area contributed by atoms with Crippen molar-refractivity contribution in [3.05, 3.63) is 22.4 Å². The van der Waals surface area contributed by atoms with Crippen LogP contribution in [-0.4, -0.2) is 6.61 Å². The topological polar surface area (TPSA) is 12.5 Å². The van der Waals surface area contributed by atoms with Gasteiger partial charge in [0.25, 0.3) is 0 Å². The van der Waals surface area contributed by atoms with Crippen LogP contribution in [0, 0.1) is 0 Å². The van der Waals surface area contributed by atoms with Gasteiger partial charge in [-0.15, -0.1) is 11.3 Å². The summed E-state index contributed by atoms with van der Waals surface area (Å²) in [4.78, 5) is 1.37. The SMILES string of the molecule is c1csc([C@H]2CO2)c1. The van der Waals surface area contributed by atoms with Gasteiger partial charge in [-0.3, -0.25) is 0 Å².